The van der Waals surface area contributed by atoms with Crippen molar-refractivity contribution in [3.8, 4) is 10.6 Å². The quantitative estimate of drug-likeness (QED) is 0.670. The molecule has 0 amide bonds. The molecule has 3 rings (SSSR count). The number of nitrogen functional groups attached to an aromatic ring is 1. The van der Waals surface area contributed by atoms with Crippen LogP contribution >= 0.6 is 11.3 Å². The third-order valence-corrected chi connectivity index (χ3v) is 3.89. The summed E-state index contributed by atoms with van der Waals surface area (Å²) in [6.07, 6.45) is 0. The molecule has 2 nitrogen and oxygen atoms in total. The van der Waals surface area contributed by atoms with Gasteiger partial charge in [-0.1, -0.05) is 6.07 Å². The minimum atomic E-state index is -0.241. The van der Waals surface area contributed by atoms with Crippen LogP contribution in [0.5, 0.6) is 0 Å². The van der Waals surface area contributed by atoms with Gasteiger partial charge in [0, 0.05) is 11.3 Å². The molecule has 2 N–H and O–H groups in total. The van der Waals surface area contributed by atoms with Gasteiger partial charge in [-0.2, -0.15) is 0 Å². The Hall–Kier alpha value is -1.94. The van der Waals surface area contributed by atoms with Crippen molar-refractivity contribution < 1.29 is 4.39 Å². The third kappa shape index (κ3) is 1.84. The Balaban J connectivity index is 2.22. The summed E-state index contributed by atoms with van der Waals surface area (Å²) in [6, 6.07) is 10.4. The van der Waals surface area contributed by atoms with Crippen molar-refractivity contribution in [3.63, 3.8) is 0 Å². The van der Waals surface area contributed by atoms with Crippen molar-refractivity contribution in [2.24, 2.45) is 0 Å². The van der Waals surface area contributed by atoms with E-state index in [1.54, 1.807) is 6.07 Å². The number of fused-ring (bicyclic) bond motifs is 1. The summed E-state index contributed by atoms with van der Waals surface area (Å²) in [5.41, 5.74) is 9.22. The van der Waals surface area contributed by atoms with Crippen molar-refractivity contribution >= 4 is 27.2 Å². The number of aryl methyl sites for hydroxylation is 1. The molecule has 1 heterocycles. The average molecular weight is 258 g/mol. The fraction of sp³-hybridized carbons (Fsp3) is 0.0714. The molecule has 0 fully saturated rings. The number of anilines is 1. The van der Waals surface area contributed by atoms with E-state index in [1.165, 1.54) is 23.5 Å². The van der Waals surface area contributed by atoms with Gasteiger partial charge in [-0.3, -0.25) is 0 Å². The molecule has 0 saturated carbocycles. The molecule has 2 aromatic carbocycles. The Labute approximate surface area is 108 Å². The molecule has 0 aliphatic heterocycles. The van der Waals surface area contributed by atoms with E-state index in [0.717, 1.165) is 26.4 Å². The summed E-state index contributed by atoms with van der Waals surface area (Å²) < 4.78 is 14.3. The lowest BCUT2D eigenvalue weighted by Crippen LogP contribution is -1.84. The second-order valence-electron chi connectivity index (χ2n) is 4.21. The first-order valence-corrected chi connectivity index (χ1v) is 6.38. The Bertz CT molecular complexity index is 734. The normalized spacial score (nSPS) is 11.0. The van der Waals surface area contributed by atoms with Crippen molar-refractivity contribution in [1.29, 1.82) is 0 Å². The van der Waals surface area contributed by atoms with Crippen molar-refractivity contribution in [3.05, 3.63) is 47.8 Å². The lowest BCUT2D eigenvalue weighted by Gasteiger charge is -2.01. The number of aromatic nitrogens is 1. The molecule has 3 aromatic rings. The molecule has 0 saturated heterocycles. The van der Waals surface area contributed by atoms with Crippen LogP contribution in [-0.4, -0.2) is 4.98 Å². The molecule has 0 spiro atoms. The topological polar surface area (TPSA) is 38.9 Å². The second kappa shape index (κ2) is 4.07. The fourth-order valence-electron chi connectivity index (χ4n) is 1.88. The number of hydrogen-bond acceptors (Lipinski definition) is 3. The van der Waals surface area contributed by atoms with Gasteiger partial charge >= 0.3 is 0 Å². The first-order chi connectivity index (χ1) is 8.63. The molecule has 0 bridgehead atoms. The highest BCUT2D eigenvalue weighted by atomic mass is 32.1. The van der Waals surface area contributed by atoms with E-state index in [-0.39, 0.29) is 5.82 Å². The number of halogens is 1. The largest absolute Gasteiger partial charge is 0.399 e. The number of nitrogens with zero attached hydrogens (tertiary/aromatic N) is 1. The average Bonchev–Trinajstić information content (AvgIpc) is 2.74. The number of hydrogen-bond donors (Lipinski definition) is 1. The van der Waals surface area contributed by atoms with Crippen molar-refractivity contribution in [1.82, 2.24) is 4.98 Å². The third-order valence-electron chi connectivity index (χ3n) is 2.84. The maximum absolute atomic E-state index is 13.3. The van der Waals surface area contributed by atoms with Gasteiger partial charge < -0.3 is 5.73 Å². The Kier molecular flexibility index (Phi) is 2.52. The van der Waals surface area contributed by atoms with E-state index in [4.69, 9.17) is 5.73 Å². The molecule has 0 atom stereocenters. The van der Waals surface area contributed by atoms with Crippen LogP contribution in [0.3, 0.4) is 0 Å². The van der Waals surface area contributed by atoms with Crippen LogP contribution in [0.4, 0.5) is 10.1 Å². The van der Waals surface area contributed by atoms with Crippen LogP contribution in [0, 0.1) is 12.7 Å². The molecule has 0 radical (unpaired) electrons. The van der Waals surface area contributed by atoms with Gasteiger partial charge in [0.15, 0.2) is 0 Å². The monoisotopic (exact) mass is 258 g/mol. The summed E-state index contributed by atoms with van der Waals surface area (Å²) in [5.74, 6) is -0.241. The first kappa shape index (κ1) is 11.2. The summed E-state index contributed by atoms with van der Waals surface area (Å²) in [5, 5.41) is 0.826. The maximum Gasteiger partial charge on any atom is 0.124 e. The molecule has 4 heteroatoms. The van der Waals surface area contributed by atoms with Crippen LogP contribution in [-0.2, 0) is 0 Å². The molecule has 18 heavy (non-hydrogen) atoms. The van der Waals surface area contributed by atoms with E-state index in [9.17, 15) is 4.39 Å². The highest BCUT2D eigenvalue weighted by Gasteiger charge is 2.09. The predicted octanol–water partition coefficient (Wildman–Crippen LogP) is 3.99. The highest BCUT2D eigenvalue weighted by molar-refractivity contribution is 7.21. The van der Waals surface area contributed by atoms with E-state index in [0.29, 0.717) is 5.69 Å². The SMILES string of the molecule is Cc1ccc(F)cc1-c1nc2ccc(N)cc2s1. The zero-order valence-electron chi connectivity index (χ0n) is 9.77. The van der Waals surface area contributed by atoms with Gasteiger partial charge in [0.25, 0.3) is 0 Å². The fourth-order valence-corrected chi connectivity index (χ4v) is 2.98. The number of thiazole rings is 1. The van der Waals surface area contributed by atoms with Crippen LogP contribution in [0.15, 0.2) is 36.4 Å². The number of nitrogens with two attached hydrogens (primary N) is 1. The highest BCUT2D eigenvalue weighted by Crippen LogP contribution is 2.33. The summed E-state index contributed by atoms with van der Waals surface area (Å²) >= 11 is 1.53. The van der Waals surface area contributed by atoms with Gasteiger partial charge in [-0.25, -0.2) is 9.37 Å². The van der Waals surface area contributed by atoms with Gasteiger partial charge in [-0.15, -0.1) is 11.3 Å². The standard InChI is InChI=1S/C14H11FN2S/c1-8-2-3-9(15)6-11(8)14-17-12-5-4-10(16)7-13(12)18-14/h2-7H,16H2,1H3. The zero-order chi connectivity index (χ0) is 12.7. The molecule has 1 aromatic heterocycles. The van der Waals surface area contributed by atoms with Crippen LogP contribution in [0.1, 0.15) is 5.56 Å². The van der Waals surface area contributed by atoms with Gasteiger partial charge in [-0.05, 0) is 42.8 Å². The number of rotatable bonds is 1. The molecular weight excluding hydrogens is 247 g/mol. The predicted molar refractivity (Wildman–Crippen MR) is 74.2 cm³/mol. The van der Waals surface area contributed by atoms with E-state index in [1.807, 2.05) is 25.1 Å². The zero-order valence-corrected chi connectivity index (χ0v) is 10.6. The summed E-state index contributed by atoms with van der Waals surface area (Å²) in [7, 11) is 0. The molecule has 90 valence electrons. The molecular formula is C14H11FN2S. The molecule has 0 aliphatic carbocycles. The van der Waals surface area contributed by atoms with E-state index < -0.39 is 0 Å². The summed E-state index contributed by atoms with van der Waals surface area (Å²) in [6.45, 7) is 1.95. The first-order valence-electron chi connectivity index (χ1n) is 5.56. The van der Waals surface area contributed by atoms with Crippen LogP contribution in [0.2, 0.25) is 0 Å². The maximum atomic E-state index is 13.3. The van der Waals surface area contributed by atoms with Crippen LogP contribution < -0.4 is 5.73 Å². The lowest BCUT2D eigenvalue weighted by atomic mass is 10.1. The van der Waals surface area contributed by atoms with E-state index in [2.05, 4.69) is 4.98 Å². The minimum absolute atomic E-state index is 0.241. The Morgan fingerprint density at radius 3 is 2.83 bits per heavy atom. The second-order valence-corrected chi connectivity index (χ2v) is 5.24. The smallest absolute Gasteiger partial charge is 0.124 e. The van der Waals surface area contributed by atoms with Gasteiger partial charge in [0.1, 0.15) is 10.8 Å². The molecule has 0 unspecified atom stereocenters. The van der Waals surface area contributed by atoms with Gasteiger partial charge in [0.05, 0.1) is 10.2 Å². The van der Waals surface area contributed by atoms with Crippen molar-refractivity contribution in [2.45, 2.75) is 6.92 Å². The minimum Gasteiger partial charge on any atom is -0.399 e. The summed E-state index contributed by atoms with van der Waals surface area (Å²) in [4.78, 5) is 4.52. The van der Waals surface area contributed by atoms with Crippen molar-refractivity contribution in [2.75, 3.05) is 5.73 Å². The lowest BCUT2D eigenvalue weighted by molar-refractivity contribution is 0.628. The Morgan fingerprint density at radius 2 is 2.00 bits per heavy atom. The molecule has 0 aliphatic rings. The van der Waals surface area contributed by atoms with Crippen LogP contribution in [0.25, 0.3) is 20.8 Å². The van der Waals surface area contributed by atoms with E-state index >= 15 is 0 Å². The number of benzene rings is 2. The Morgan fingerprint density at radius 1 is 1.17 bits per heavy atom. The van der Waals surface area contributed by atoms with Gasteiger partial charge in [0.2, 0.25) is 0 Å².